The van der Waals surface area contributed by atoms with Crippen molar-refractivity contribution >= 4 is 27.4 Å². The monoisotopic (exact) mass is 367 g/mol. The Kier molecular flexibility index (Phi) is 4.46. The van der Waals surface area contributed by atoms with Crippen LogP contribution in [0.5, 0.6) is 0 Å². The average Bonchev–Trinajstić information content (AvgIpc) is 2.70. The number of benzene rings is 2. The number of nitrogens with zero attached hydrogens (tertiary/aromatic N) is 1. The molecule has 2 aromatic rings. The van der Waals surface area contributed by atoms with E-state index >= 15 is 0 Å². The third kappa shape index (κ3) is 3.09. The molecule has 0 bridgehead atoms. The van der Waals surface area contributed by atoms with Gasteiger partial charge >= 0.3 is 0 Å². The van der Waals surface area contributed by atoms with Gasteiger partial charge in [-0.3, -0.25) is 4.79 Å². The summed E-state index contributed by atoms with van der Waals surface area (Å²) in [4.78, 5) is 11.7. The molecule has 4 nitrogen and oxygen atoms in total. The molecule has 2 aromatic carbocycles. The van der Waals surface area contributed by atoms with Gasteiger partial charge < -0.3 is 0 Å². The van der Waals surface area contributed by atoms with E-state index in [1.165, 1.54) is 23.4 Å². The zero-order valence-corrected chi connectivity index (χ0v) is 14.4. The second-order valence-corrected chi connectivity index (χ2v) is 8.08. The third-order valence-electron chi connectivity index (χ3n) is 4.00. The summed E-state index contributed by atoms with van der Waals surface area (Å²) < 4.78 is 40.5. The van der Waals surface area contributed by atoms with Crippen molar-refractivity contribution in [2.45, 2.75) is 30.8 Å². The van der Waals surface area contributed by atoms with E-state index in [1.54, 1.807) is 24.3 Å². The summed E-state index contributed by atoms with van der Waals surface area (Å²) in [6.07, 6.45) is 0.00325. The van der Waals surface area contributed by atoms with Gasteiger partial charge in [-0.25, -0.2) is 12.8 Å². The lowest BCUT2D eigenvalue weighted by molar-refractivity contribution is -0.117. The highest BCUT2D eigenvalue weighted by atomic mass is 35.5. The molecule has 1 aliphatic heterocycles. The fourth-order valence-electron chi connectivity index (χ4n) is 2.91. The van der Waals surface area contributed by atoms with Gasteiger partial charge in [-0.2, -0.15) is 4.31 Å². The van der Waals surface area contributed by atoms with Crippen LogP contribution in [0.25, 0.3) is 0 Å². The van der Waals surface area contributed by atoms with Gasteiger partial charge in [0, 0.05) is 18.0 Å². The average molecular weight is 368 g/mol. The zero-order valence-electron chi connectivity index (χ0n) is 12.9. The van der Waals surface area contributed by atoms with Crippen LogP contribution in [0.1, 0.15) is 30.5 Å². The highest BCUT2D eigenvalue weighted by molar-refractivity contribution is 7.89. The second kappa shape index (κ2) is 6.27. The lowest BCUT2D eigenvalue weighted by Gasteiger charge is -2.23. The molecule has 0 N–H and O–H groups in total. The minimum atomic E-state index is -3.78. The lowest BCUT2D eigenvalue weighted by atomic mass is 10.0. The van der Waals surface area contributed by atoms with Gasteiger partial charge in [0.1, 0.15) is 11.6 Å². The van der Waals surface area contributed by atoms with Crippen molar-refractivity contribution < 1.29 is 17.6 Å². The molecule has 0 radical (unpaired) electrons. The molecular weight excluding hydrogens is 353 g/mol. The van der Waals surface area contributed by atoms with E-state index in [0.717, 1.165) is 11.6 Å². The molecule has 0 unspecified atom stereocenters. The molecule has 3 rings (SSSR count). The van der Waals surface area contributed by atoms with E-state index in [-0.39, 0.29) is 23.6 Å². The lowest BCUT2D eigenvalue weighted by Crippen LogP contribution is -2.29. The number of hydrogen-bond acceptors (Lipinski definition) is 3. The Bertz CT molecular complexity index is 897. The minimum Gasteiger partial charge on any atom is -0.300 e. The van der Waals surface area contributed by atoms with Crippen molar-refractivity contribution in [3.05, 3.63) is 64.4 Å². The van der Waals surface area contributed by atoms with Crippen LogP contribution in [0.4, 0.5) is 4.39 Å². The van der Waals surface area contributed by atoms with Crippen molar-refractivity contribution in [2.75, 3.05) is 0 Å². The first-order chi connectivity index (χ1) is 11.3. The Morgan fingerprint density at radius 2 is 1.88 bits per heavy atom. The van der Waals surface area contributed by atoms with Gasteiger partial charge in [0.2, 0.25) is 10.0 Å². The fraction of sp³-hybridized carbons (Fsp3) is 0.235. The Balaban J connectivity index is 2.05. The number of sulfonamides is 1. The summed E-state index contributed by atoms with van der Waals surface area (Å²) in [5.74, 6) is -0.681. The van der Waals surface area contributed by atoms with Gasteiger partial charge in [0.15, 0.2) is 0 Å². The maximum Gasteiger partial charge on any atom is 0.244 e. The summed E-state index contributed by atoms with van der Waals surface area (Å²) in [5.41, 5.74) is 1.07. The first-order valence-electron chi connectivity index (χ1n) is 7.34. The number of carbonyl (C=O) groups is 1. The van der Waals surface area contributed by atoms with E-state index < -0.39 is 21.9 Å². The number of Topliss-reactive ketones (excluding diaryl/α,β-unsaturated/α-hetero) is 1. The first kappa shape index (κ1) is 17.1. The Morgan fingerprint density at radius 3 is 2.50 bits per heavy atom. The topological polar surface area (TPSA) is 54.5 Å². The van der Waals surface area contributed by atoms with Crippen LogP contribution in [0.2, 0.25) is 5.02 Å². The maximum absolute atomic E-state index is 13.6. The third-order valence-corrected chi connectivity index (χ3v) is 6.18. The number of rotatable bonds is 4. The molecule has 1 aliphatic rings. The van der Waals surface area contributed by atoms with Crippen LogP contribution in [-0.4, -0.2) is 18.5 Å². The summed E-state index contributed by atoms with van der Waals surface area (Å²) in [7, 11) is -3.78. The van der Waals surface area contributed by atoms with Gasteiger partial charge in [-0.05, 0) is 48.4 Å². The largest absolute Gasteiger partial charge is 0.300 e. The predicted octanol–water partition coefficient (Wildman–Crippen LogP) is 3.70. The van der Waals surface area contributed by atoms with Crippen LogP contribution in [0.3, 0.4) is 0 Å². The number of carbonyl (C=O) groups excluding carboxylic acids is 1. The van der Waals surface area contributed by atoms with Gasteiger partial charge in [-0.1, -0.05) is 23.7 Å². The van der Waals surface area contributed by atoms with Crippen molar-refractivity contribution in [3.8, 4) is 0 Å². The highest BCUT2D eigenvalue weighted by Crippen LogP contribution is 2.42. The standard InChI is InChI=1S/C17H15ClFNO3S/c1-11(21)8-16-15-9-14(19)6-7-17(15)24(22,23)20(16)10-12-2-4-13(18)5-3-12/h2-7,9,16H,8,10H2,1H3/t16-/m0/s1. The van der Waals surface area contributed by atoms with Gasteiger partial charge in [0.25, 0.3) is 0 Å². The van der Waals surface area contributed by atoms with E-state index in [2.05, 4.69) is 0 Å². The fourth-order valence-corrected chi connectivity index (χ4v) is 4.87. The molecule has 7 heteroatoms. The molecular formula is C17H15ClFNO3S. The number of ketones is 1. The number of fused-ring (bicyclic) bond motifs is 1. The van der Waals surface area contributed by atoms with Gasteiger partial charge in [-0.15, -0.1) is 0 Å². The maximum atomic E-state index is 13.6. The molecule has 0 fully saturated rings. The van der Waals surface area contributed by atoms with Gasteiger partial charge in [0.05, 0.1) is 10.9 Å². The van der Waals surface area contributed by atoms with Crippen LogP contribution in [0.15, 0.2) is 47.4 Å². The molecule has 0 aromatic heterocycles. The number of halogens is 2. The Labute approximate surface area is 144 Å². The Morgan fingerprint density at radius 1 is 1.21 bits per heavy atom. The molecule has 1 atom stereocenters. The van der Waals surface area contributed by atoms with Crippen LogP contribution < -0.4 is 0 Å². The smallest absolute Gasteiger partial charge is 0.244 e. The van der Waals surface area contributed by atoms with E-state index in [0.29, 0.717) is 10.6 Å². The summed E-state index contributed by atoms with van der Waals surface area (Å²) in [6.45, 7) is 1.48. The quantitative estimate of drug-likeness (QED) is 0.827. The molecule has 0 spiro atoms. The number of hydrogen-bond donors (Lipinski definition) is 0. The summed E-state index contributed by atoms with van der Waals surface area (Å²) >= 11 is 5.85. The van der Waals surface area contributed by atoms with E-state index in [4.69, 9.17) is 11.6 Å². The summed E-state index contributed by atoms with van der Waals surface area (Å²) in [6, 6.07) is 9.68. The van der Waals surface area contributed by atoms with Crippen LogP contribution >= 0.6 is 11.6 Å². The molecule has 126 valence electrons. The van der Waals surface area contributed by atoms with Crippen LogP contribution in [0, 0.1) is 5.82 Å². The Hall–Kier alpha value is -1.76. The van der Waals surface area contributed by atoms with Crippen molar-refractivity contribution in [1.82, 2.24) is 4.31 Å². The second-order valence-electron chi connectivity index (χ2n) is 5.78. The molecule has 0 saturated heterocycles. The predicted molar refractivity (Wildman–Crippen MR) is 88.6 cm³/mol. The highest BCUT2D eigenvalue weighted by Gasteiger charge is 2.43. The molecule has 24 heavy (non-hydrogen) atoms. The molecule has 1 heterocycles. The normalized spacial score (nSPS) is 19.2. The SMILES string of the molecule is CC(=O)C[C@H]1c2cc(F)ccc2S(=O)(=O)N1Cc1ccc(Cl)cc1. The van der Waals surface area contributed by atoms with E-state index in [1.807, 2.05) is 0 Å². The molecule has 0 saturated carbocycles. The minimum absolute atomic E-state index is 0.00325. The molecule has 0 amide bonds. The van der Waals surface area contributed by atoms with Crippen molar-refractivity contribution in [2.24, 2.45) is 0 Å². The molecule has 0 aliphatic carbocycles. The zero-order chi connectivity index (χ0) is 17.5. The van der Waals surface area contributed by atoms with Crippen molar-refractivity contribution in [3.63, 3.8) is 0 Å². The van der Waals surface area contributed by atoms with Crippen molar-refractivity contribution in [1.29, 1.82) is 0 Å². The van der Waals surface area contributed by atoms with Crippen LogP contribution in [-0.2, 0) is 21.4 Å². The van der Waals surface area contributed by atoms with E-state index in [9.17, 15) is 17.6 Å². The summed E-state index contributed by atoms with van der Waals surface area (Å²) in [5, 5.41) is 0.550. The first-order valence-corrected chi connectivity index (χ1v) is 9.16.